The van der Waals surface area contributed by atoms with Crippen LogP contribution in [-0.2, 0) is 0 Å². The summed E-state index contributed by atoms with van der Waals surface area (Å²) < 4.78 is 0. The third-order valence-corrected chi connectivity index (χ3v) is 3.41. The quantitative estimate of drug-likeness (QED) is 0.580. The molecule has 0 aliphatic rings. The fourth-order valence-corrected chi connectivity index (χ4v) is 2.03. The number of nitrogens with two attached hydrogens (primary N) is 1. The second kappa shape index (κ2) is 7.92. The van der Waals surface area contributed by atoms with Crippen LogP contribution in [0.25, 0.3) is 0 Å². The fourth-order valence-electron chi connectivity index (χ4n) is 2.03. The first-order valence-corrected chi connectivity index (χ1v) is 7.50. The highest BCUT2D eigenvalue weighted by molar-refractivity contribution is 6.04. The minimum atomic E-state index is -0.645. The lowest BCUT2D eigenvalue weighted by Gasteiger charge is -2.07. The number of aryl methyl sites for hydroxylation is 1. The van der Waals surface area contributed by atoms with Crippen LogP contribution in [0.5, 0.6) is 0 Å². The van der Waals surface area contributed by atoms with Crippen molar-refractivity contribution < 1.29 is 14.4 Å². The van der Waals surface area contributed by atoms with Crippen molar-refractivity contribution >= 4 is 23.4 Å². The number of anilines is 1. The molecule has 2 rings (SSSR count). The minimum Gasteiger partial charge on any atom is -0.399 e. The van der Waals surface area contributed by atoms with E-state index < -0.39 is 11.9 Å². The van der Waals surface area contributed by atoms with Gasteiger partial charge in [-0.2, -0.15) is 0 Å². The Balaban J connectivity index is 1.76. The fraction of sp³-hybridized carbons (Fsp3) is 0.167. The number of nitrogens with one attached hydrogen (secondary N) is 2. The van der Waals surface area contributed by atoms with Crippen LogP contribution in [0.4, 0.5) is 10.5 Å². The van der Waals surface area contributed by atoms with Gasteiger partial charge in [-0.25, -0.2) is 4.79 Å². The summed E-state index contributed by atoms with van der Waals surface area (Å²) in [6.07, 6.45) is 0.159. The summed E-state index contributed by atoms with van der Waals surface area (Å²) in [5.41, 5.74) is 8.07. The number of rotatable bonds is 5. The summed E-state index contributed by atoms with van der Waals surface area (Å²) in [5.74, 6) is -0.600. The molecule has 0 saturated carbocycles. The first kappa shape index (κ1) is 17.2. The Labute approximate surface area is 140 Å². The highest BCUT2D eigenvalue weighted by Crippen LogP contribution is 2.06. The van der Waals surface area contributed by atoms with Gasteiger partial charge in [0, 0.05) is 29.8 Å². The van der Waals surface area contributed by atoms with Crippen molar-refractivity contribution in [1.29, 1.82) is 0 Å². The Morgan fingerprint density at radius 3 is 2.12 bits per heavy atom. The number of amides is 3. The molecule has 0 atom stereocenters. The van der Waals surface area contributed by atoms with Gasteiger partial charge in [-0.15, -0.1) is 0 Å². The molecule has 0 saturated heterocycles. The van der Waals surface area contributed by atoms with Gasteiger partial charge in [0.05, 0.1) is 0 Å². The van der Waals surface area contributed by atoms with Crippen LogP contribution < -0.4 is 16.4 Å². The molecule has 6 nitrogen and oxygen atoms in total. The Hall–Kier alpha value is -3.15. The SMILES string of the molecule is Cc1ccc(C(=O)CCNC(=O)NC(=O)c2ccc(N)cc2)cc1. The lowest BCUT2D eigenvalue weighted by molar-refractivity contribution is 0.0964. The van der Waals surface area contributed by atoms with E-state index in [1.807, 2.05) is 19.1 Å². The molecular formula is C18H19N3O3. The molecule has 0 aromatic heterocycles. The van der Waals surface area contributed by atoms with Crippen molar-refractivity contribution in [1.82, 2.24) is 10.6 Å². The van der Waals surface area contributed by atoms with E-state index >= 15 is 0 Å². The van der Waals surface area contributed by atoms with Crippen molar-refractivity contribution in [2.45, 2.75) is 13.3 Å². The summed E-state index contributed by atoms with van der Waals surface area (Å²) in [7, 11) is 0. The molecule has 0 bridgehead atoms. The van der Waals surface area contributed by atoms with Crippen molar-refractivity contribution in [3.63, 3.8) is 0 Å². The third-order valence-electron chi connectivity index (χ3n) is 3.41. The Bertz CT molecular complexity index is 737. The minimum absolute atomic E-state index is 0.0693. The molecule has 2 aromatic carbocycles. The largest absolute Gasteiger partial charge is 0.399 e. The van der Waals surface area contributed by atoms with Gasteiger partial charge >= 0.3 is 6.03 Å². The Morgan fingerprint density at radius 2 is 1.50 bits per heavy atom. The standard InChI is InChI=1S/C18H19N3O3/c1-12-2-4-13(5-3-12)16(22)10-11-20-18(24)21-17(23)14-6-8-15(19)9-7-14/h2-9H,10-11,19H2,1H3,(H2,20,21,23,24). The number of carbonyl (C=O) groups excluding carboxylic acids is 3. The molecule has 0 radical (unpaired) electrons. The molecule has 0 unspecified atom stereocenters. The van der Waals surface area contributed by atoms with E-state index in [0.717, 1.165) is 5.56 Å². The maximum absolute atomic E-state index is 12.0. The zero-order valence-corrected chi connectivity index (χ0v) is 13.3. The van der Waals surface area contributed by atoms with Crippen molar-refractivity contribution in [3.05, 3.63) is 65.2 Å². The number of hydrogen-bond acceptors (Lipinski definition) is 4. The molecule has 0 spiro atoms. The highest BCUT2D eigenvalue weighted by atomic mass is 16.2. The number of Topliss-reactive ketones (excluding diaryl/α,β-unsaturated/α-hetero) is 1. The summed E-state index contributed by atoms with van der Waals surface area (Å²) in [6.45, 7) is 2.09. The van der Waals surface area contributed by atoms with Gasteiger partial charge in [-0.05, 0) is 31.2 Å². The van der Waals surface area contributed by atoms with E-state index in [2.05, 4.69) is 10.6 Å². The first-order chi connectivity index (χ1) is 11.5. The topological polar surface area (TPSA) is 101 Å². The lowest BCUT2D eigenvalue weighted by atomic mass is 10.1. The van der Waals surface area contributed by atoms with Gasteiger partial charge in [0.1, 0.15) is 0 Å². The van der Waals surface area contributed by atoms with E-state index in [9.17, 15) is 14.4 Å². The number of imide groups is 1. The van der Waals surface area contributed by atoms with Gasteiger partial charge in [0.2, 0.25) is 0 Å². The summed E-state index contributed by atoms with van der Waals surface area (Å²) in [4.78, 5) is 35.5. The van der Waals surface area contributed by atoms with Gasteiger partial charge in [0.15, 0.2) is 5.78 Å². The van der Waals surface area contributed by atoms with Crippen molar-refractivity contribution in [2.75, 3.05) is 12.3 Å². The van der Waals surface area contributed by atoms with Crippen molar-refractivity contribution in [3.8, 4) is 0 Å². The second-order valence-electron chi connectivity index (χ2n) is 5.37. The third kappa shape index (κ3) is 4.95. The smallest absolute Gasteiger partial charge is 0.321 e. The van der Waals surface area contributed by atoms with Gasteiger partial charge < -0.3 is 11.1 Å². The summed E-state index contributed by atoms with van der Waals surface area (Å²) in [6, 6.07) is 12.8. The second-order valence-corrected chi connectivity index (χ2v) is 5.37. The van der Waals surface area contributed by atoms with Crippen LogP contribution in [-0.4, -0.2) is 24.3 Å². The number of benzene rings is 2. The normalized spacial score (nSPS) is 10.0. The number of nitrogen functional groups attached to an aromatic ring is 1. The summed E-state index contributed by atoms with van der Waals surface area (Å²) in [5, 5.41) is 4.69. The number of hydrogen-bond donors (Lipinski definition) is 3. The molecule has 0 heterocycles. The van der Waals surface area contributed by atoms with E-state index in [0.29, 0.717) is 16.8 Å². The van der Waals surface area contributed by atoms with E-state index in [-0.39, 0.29) is 18.7 Å². The molecular weight excluding hydrogens is 306 g/mol. The average Bonchev–Trinajstić information content (AvgIpc) is 2.55. The number of urea groups is 1. The molecule has 4 N–H and O–H groups in total. The molecule has 6 heteroatoms. The number of ketones is 1. The van der Waals surface area contributed by atoms with Crippen LogP contribution >= 0.6 is 0 Å². The molecule has 0 fully saturated rings. The molecule has 3 amide bonds. The van der Waals surface area contributed by atoms with Gasteiger partial charge in [-0.3, -0.25) is 14.9 Å². The molecule has 0 aliphatic carbocycles. The van der Waals surface area contributed by atoms with Gasteiger partial charge in [-0.1, -0.05) is 29.8 Å². The van der Waals surface area contributed by atoms with E-state index in [1.165, 1.54) is 12.1 Å². The predicted octanol–water partition coefficient (Wildman–Crippen LogP) is 2.29. The number of carbonyl (C=O) groups is 3. The first-order valence-electron chi connectivity index (χ1n) is 7.50. The summed E-state index contributed by atoms with van der Waals surface area (Å²) >= 11 is 0. The maximum atomic E-state index is 12.0. The zero-order chi connectivity index (χ0) is 17.5. The van der Waals surface area contributed by atoms with Crippen LogP contribution in [0.2, 0.25) is 0 Å². The predicted molar refractivity (Wildman–Crippen MR) is 91.8 cm³/mol. The molecule has 0 aliphatic heterocycles. The van der Waals surface area contributed by atoms with Crippen LogP contribution in [0, 0.1) is 6.92 Å². The van der Waals surface area contributed by atoms with E-state index in [1.54, 1.807) is 24.3 Å². The monoisotopic (exact) mass is 325 g/mol. The van der Waals surface area contributed by atoms with Crippen LogP contribution in [0.1, 0.15) is 32.7 Å². The zero-order valence-electron chi connectivity index (χ0n) is 13.3. The van der Waals surface area contributed by atoms with Crippen molar-refractivity contribution in [2.24, 2.45) is 0 Å². The van der Waals surface area contributed by atoms with Crippen LogP contribution in [0.3, 0.4) is 0 Å². The molecule has 2 aromatic rings. The molecule has 24 heavy (non-hydrogen) atoms. The lowest BCUT2D eigenvalue weighted by Crippen LogP contribution is -2.40. The highest BCUT2D eigenvalue weighted by Gasteiger charge is 2.11. The van der Waals surface area contributed by atoms with E-state index in [4.69, 9.17) is 5.73 Å². The Kier molecular flexibility index (Phi) is 5.68. The van der Waals surface area contributed by atoms with Gasteiger partial charge in [0.25, 0.3) is 5.91 Å². The maximum Gasteiger partial charge on any atom is 0.321 e. The Morgan fingerprint density at radius 1 is 0.917 bits per heavy atom. The van der Waals surface area contributed by atoms with Crippen LogP contribution in [0.15, 0.2) is 48.5 Å². The molecule has 124 valence electrons. The average molecular weight is 325 g/mol.